The fraction of sp³-hybridized carbons (Fsp3) is 0.714. The van der Waals surface area contributed by atoms with Crippen molar-refractivity contribution in [1.29, 1.82) is 0 Å². The van der Waals surface area contributed by atoms with Gasteiger partial charge in [0.25, 0.3) is 10.0 Å². The van der Waals surface area contributed by atoms with E-state index in [-0.39, 0.29) is 0 Å². The van der Waals surface area contributed by atoms with Gasteiger partial charge in [0.1, 0.15) is 4.21 Å². The normalized spacial score (nSPS) is 22.7. The van der Waals surface area contributed by atoms with E-state index in [1.165, 1.54) is 15.6 Å². The maximum absolute atomic E-state index is 12.5. The molecular weight excluding hydrogens is 292 g/mol. The molecule has 6 heteroatoms. The van der Waals surface area contributed by atoms with Crippen molar-refractivity contribution < 1.29 is 8.42 Å². The van der Waals surface area contributed by atoms with E-state index < -0.39 is 10.0 Å². The Hall–Kier alpha value is -0.430. The topological polar surface area (TPSA) is 49.4 Å². The van der Waals surface area contributed by atoms with Crippen molar-refractivity contribution >= 4 is 21.4 Å². The lowest BCUT2D eigenvalue weighted by atomic mass is 10.3. The number of thiophene rings is 1. The highest BCUT2D eigenvalue weighted by molar-refractivity contribution is 7.91. The lowest BCUT2D eigenvalue weighted by molar-refractivity contribution is 0.446. The largest absolute Gasteiger partial charge is 0.310 e. The Morgan fingerprint density at radius 2 is 2.10 bits per heavy atom. The molecule has 1 aliphatic carbocycles. The molecule has 2 unspecified atom stereocenters. The fourth-order valence-corrected chi connectivity index (χ4v) is 4.88. The highest BCUT2D eigenvalue weighted by Crippen LogP contribution is 2.39. The molecule has 114 valence electrons. The molecule has 1 aromatic rings. The van der Waals surface area contributed by atoms with Crippen LogP contribution in [0.5, 0.6) is 0 Å². The van der Waals surface area contributed by atoms with Crippen molar-refractivity contribution in [3.05, 3.63) is 17.0 Å². The van der Waals surface area contributed by atoms with Crippen LogP contribution < -0.4 is 5.32 Å². The molecule has 1 heterocycles. The molecule has 0 amide bonds. The average molecular weight is 316 g/mol. The summed E-state index contributed by atoms with van der Waals surface area (Å²) in [5.74, 6) is 1.21. The zero-order valence-electron chi connectivity index (χ0n) is 12.6. The summed E-state index contributed by atoms with van der Waals surface area (Å²) in [5, 5.41) is 3.31. The highest BCUT2D eigenvalue weighted by atomic mass is 32.2. The van der Waals surface area contributed by atoms with Crippen molar-refractivity contribution in [2.75, 3.05) is 13.6 Å². The fourth-order valence-electron chi connectivity index (χ4n) is 2.13. The zero-order chi connectivity index (χ0) is 14.9. The van der Waals surface area contributed by atoms with E-state index in [0.29, 0.717) is 28.6 Å². The van der Waals surface area contributed by atoms with Crippen LogP contribution in [0.3, 0.4) is 0 Å². The van der Waals surface area contributed by atoms with Gasteiger partial charge >= 0.3 is 0 Å². The molecule has 1 aromatic heterocycles. The van der Waals surface area contributed by atoms with Crippen molar-refractivity contribution in [1.82, 2.24) is 9.62 Å². The molecule has 4 nitrogen and oxygen atoms in total. The van der Waals surface area contributed by atoms with E-state index in [1.807, 2.05) is 6.07 Å². The molecule has 0 bridgehead atoms. The van der Waals surface area contributed by atoms with E-state index in [2.05, 4.69) is 26.1 Å². The molecular formula is C14H24N2O2S2. The summed E-state index contributed by atoms with van der Waals surface area (Å²) in [6, 6.07) is 4.03. The van der Waals surface area contributed by atoms with Gasteiger partial charge in [-0.2, -0.15) is 4.31 Å². The Morgan fingerprint density at radius 3 is 2.65 bits per heavy atom. The molecule has 0 spiro atoms. The molecule has 0 saturated heterocycles. The smallest absolute Gasteiger partial charge is 0.252 e. The molecule has 2 rings (SSSR count). The van der Waals surface area contributed by atoms with E-state index in [1.54, 1.807) is 13.1 Å². The van der Waals surface area contributed by atoms with Crippen molar-refractivity contribution in [2.24, 2.45) is 11.8 Å². The molecule has 1 aliphatic rings. The summed E-state index contributed by atoms with van der Waals surface area (Å²) in [4.78, 5) is 1.06. The lowest BCUT2D eigenvalue weighted by Crippen LogP contribution is -2.28. The maximum atomic E-state index is 12.5. The maximum Gasteiger partial charge on any atom is 0.252 e. The Kier molecular flexibility index (Phi) is 4.89. The van der Waals surface area contributed by atoms with E-state index in [4.69, 9.17) is 0 Å². The highest BCUT2D eigenvalue weighted by Gasteiger charge is 2.36. The number of hydrogen-bond donors (Lipinski definition) is 1. The van der Waals surface area contributed by atoms with Gasteiger partial charge in [0.05, 0.1) is 0 Å². The second-order valence-corrected chi connectivity index (χ2v) is 9.46. The van der Waals surface area contributed by atoms with Crippen LogP contribution in [-0.4, -0.2) is 32.4 Å². The van der Waals surface area contributed by atoms with E-state index in [9.17, 15) is 8.42 Å². The van der Waals surface area contributed by atoms with Crippen molar-refractivity contribution in [3.63, 3.8) is 0 Å². The predicted molar refractivity (Wildman–Crippen MR) is 83.4 cm³/mol. The molecule has 0 aromatic carbocycles. The number of sulfonamides is 1. The Labute approximate surface area is 126 Å². The van der Waals surface area contributed by atoms with Crippen LogP contribution in [-0.2, 0) is 16.6 Å². The zero-order valence-corrected chi connectivity index (χ0v) is 14.2. The molecule has 2 atom stereocenters. The first-order valence-corrected chi connectivity index (χ1v) is 9.34. The van der Waals surface area contributed by atoms with Gasteiger partial charge in [-0.15, -0.1) is 11.3 Å². The van der Waals surface area contributed by atoms with E-state index >= 15 is 0 Å². The van der Waals surface area contributed by atoms with Crippen LogP contribution in [0, 0.1) is 11.8 Å². The Bertz CT molecular complexity index is 551. The number of nitrogens with one attached hydrogen (secondary N) is 1. The Balaban J connectivity index is 2.01. The minimum absolute atomic E-state index is 0.399. The third-order valence-corrected chi connectivity index (χ3v) is 7.13. The lowest BCUT2D eigenvalue weighted by Gasteiger charge is -2.15. The van der Waals surface area contributed by atoms with Crippen LogP contribution >= 0.6 is 11.3 Å². The second kappa shape index (κ2) is 6.13. The van der Waals surface area contributed by atoms with Gasteiger partial charge in [0.2, 0.25) is 0 Å². The summed E-state index contributed by atoms with van der Waals surface area (Å²) >= 11 is 1.37. The Morgan fingerprint density at radius 1 is 1.45 bits per heavy atom. The second-order valence-electron chi connectivity index (χ2n) is 6.01. The molecule has 0 radical (unpaired) electrons. The third-order valence-electron chi connectivity index (χ3n) is 3.75. The van der Waals surface area contributed by atoms with Gasteiger partial charge in [0.15, 0.2) is 0 Å². The molecule has 1 saturated carbocycles. The molecule has 1 N–H and O–H groups in total. The summed E-state index contributed by atoms with van der Waals surface area (Å²) in [7, 11) is -1.62. The molecule has 1 fully saturated rings. The first-order valence-electron chi connectivity index (χ1n) is 7.09. The monoisotopic (exact) mass is 316 g/mol. The van der Waals surface area contributed by atoms with Crippen LogP contribution in [0.15, 0.2) is 16.3 Å². The SMILES string of the molecule is CC(C)NCc1ccc(S(=O)(=O)N(C)CC2CC2C)s1. The number of nitrogens with zero attached hydrogens (tertiary/aromatic N) is 1. The van der Waals surface area contributed by atoms with Gasteiger partial charge < -0.3 is 5.32 Å². The van der Waals surface area contributed by atoms with Gasteiger partial charge in [-0.05, 0) is 30.4 Å². The predicted octanol–water partition coefficient (Wildman–Crippen LogP) is 2.52. The first kappa shape index (κ1) is 15.9. The van der Waals surface area contributed by atoms with Crippen LogP contribution in [0.25, 0.3) is 0 Å². The van der Waals surface area contributed by atoms with Crippen molar-refractivity contribution in [2.45, 2.75) is 44.0 Å². The molecule has 0 aliphatic heterocycles. The summed E-state index contributed by atoms with van der Waals surface area (Å²) in [6.07, 6.45) is 1.15. The van der Waals surface area contributed by atoms with Crippen LogP contribution in [0.1, 0.15) is 32.1 Å². The average Bonchev–Trinajstić information content (AvgIpc) is 2.89. The number of rotatable bonds is 7. The van der Waals surface area contributed by atoms with Gasteiger partial charge in [-0.25, -0.2) is 8.42 Å². The summed E-state index contributed by atoms with van der Waals surface area (Å²) in [5.41, 5.74) is 0. The van der Waals surface area contributed by atoms with Crippen LogP contribution in [0.2, 0.25) is 0 Å². The van der Waals surface area contributed by atoms with Gasteiger partial charge in [-0.3, -0.25) is 0 Å². The standard InChI is InChI=1S/C14H24N2O2S2/c1-10(2)15-8-13-5-6-14(19-13)20(17,18)16(4)9-12-7-11(12)3/h5-6,10-12,15H,7-9H2,1-4H3. The summed E-state index contributed by atoms with van der Waals surface area (Å²) < 4.78 is 26.9. The van der Waals surface area contributed by atoms with Crippen LogP contribution in [0.4, 0.5) is 0 Å². The number of hydrogen-bond acceptors (Lipinski definition) is 4. The minimum atomic E-state index is -3.31. The van der Waals surface area contributed by atoms with Crippen molar-refractivity contribution in [3.8, 4) is 0 Å². The van der Waals surface area contributed by atoms with E-state index in [0.717, 1.165) is 17.8 Å². The van der Waals surface area contributed by atoms with Gasteiger partial charge in [0, 0.05) is 31.1 Å². The first-order chi connectivity index (χ1) is 9.30. The molecule has 20 heavy (non-hydrogen) atoms. The summed E-state index contributed by atoms with van der Waals surface area (Å²) in [6.45, 7) is 7.69. The quantitative estimate of drug-likeness (QED) is 0.841. The minimum Gasteiger partial charge on any atom is -0.310 e. The third kappa shape index (κ3) is 3.81. The van der Waals surface area contributed by atoms with Gasteiger partial charge in [-0.1, -0.05) is 20.8 Å².